The molecule has 0 aliphatic rings. The van der Waals surface area contributed by atoms with E-state index < -0.39 is 28.5 Å². The summed E-state index contributed by atoms with van der Waals surface area (Å²) in [4.78, 5) is 28.9. The highest BCUT2D eigenvalue weighted by Gasteiger charge is 2.35. The molecule has 0 fully saturated rings. The lowest BCUT2D eigenvalue weighted by Gasteiger charge is -2.34. The summed E-state index contributed by atoms with van der Waals surface area (Å²) < 4.78 is 29.0. The van der Waals surface area contributed by atoms with Crippen molar-refractivity contribution in [2.75, 3.05) is 10.8 Å². The van der Waals surface area contributed by atoms with Crippen LogP contribution in [0.3, 0.4) is 0 Å². The van der Waals surface area contributed by atoms with Gasteiger partial charge < -0.3 is 10.2 Å². The summed E-state index contributed by atoms with van der Waals surface area (Å²) in [7, 11) is -4.31. The summed E-state index contributed by atoms with van der Waals surface area (Å²) in [5.41, 5.74) is 1.31. The average molecular weight is 673 g/mol. The molecule has 0 aromatic heterocycles. The van der Waals surface area contributed by atoms with E-state index in [1.807, 2.05) is 20.8 Å². The minimum absolute atomic E-state index is 0.0194. The Morgan fingerprint density at radius 1 is 0.881 bits per heavy atom. The Bertz CT molecular complexity index is 1510. The van der Waals surface area contributed by atoms with Crippen molar-refractivity contribution in [3.63, 3.8) is 0 Å². The van der Waals surface area contributed by atoms with Crippen molar-refractivity contribution in [2.45, 2.75) is 64.1 Å². The van der Waals surface area contributed by atoms with Crippen LogP contribution in [0.4, 0.5) is 5.69 Å². The van der Waals surface area contributed by atoms with E-state index in [0.29, 0.717) is 22.0 Å². The van der Waals surface area contributed by atoms with Gasteiger partial charge in [0.05, 0.1) is 15.6 Å². The molecule has 3 aromatic carbocycles. The number of carbonyl (C=O) groups excluding carboxylic acids is 2. The predicted molar refractivity (Wildman–Crippen MR) is 171 cm³/mol. The molecule has 0 aliphatic heterocycles. The van der Waals surface area contributed by atoms with Gasteiger partial charge in [0.25, 0.3) is 10.0 Å². The van der Waals surface area contributed by atoms with Gasteiger partial charge in [-0.05, 0) is 69.2 Å². The van der Waals surface area contributed by atoms with E-state index in [4.69, 9.17) is 46.4 Å². The quantitative estimate of drug-likeness (QED) is 0.216. The van der Waals surface area contributed by atoms with Crippen molar-refractivity contribution in [3.8, 4) is 0 Å². The van der Waals surface area contributed by atoms with Crippen LogP contribution >= 0.6 is 46.4 Å². The van der Waals surface area contributed by atoms with Crippen molar-refractivity contribution in [1.29, 1.82) is 0 Å². The van der Waals surface area contributed by atoms with E-state index in [1.54, 1.807) is 37.3 Å². The van der Waals surface area contributed by atoms with Crippen molar-refractivity contribution in [1.82, 2.24) is 10.2 Å². The van der Waals surface area contributed by atoms with E-state index in [2.05, 4.69) is 5.32 Å². The summed E-state index contributed by atoms with van der Waals surface area (Å²) in [5.74, 6) is -1.04. The number of amides is 2. The first-order valence-electron chi connectivity index (χ1n) is 13.4. The van der Waals surface area contributed by atoms with Crippen LogP contribution in [0.2, 0.25) is 20.1 Å². The van der Waals surface area contributed by atoms with E-state index in [0.717, 1.165) is 9.87 Å². The monoisotopic (exact) mass is 671 g/mol. The summed E-state index contributed by atoms with van der Waals surface area (Å²) in [6.07, 6.45) is 0.932. The SMILES string of the molecule is CC[C@H](C)NC(=O)[C@H](CC)N(Cc1c(Cl)cccc1Cl)C(=O)CN(c1cc(Cl)ccc1Cl)S(=O)(=O)c1ccc(C)cc1. The van der Waals surface area contributed by atoms with Gasteiger partial charge in [-0.3, -0.25) is 13.9 Å². The van der Waals surface area contributed by atoms with E-state index in [-0.39, 0.29) is 45.5 Å². The van der Waals surface area contributed by atoms with Gasteiger partial charge in [-0.25, -0.2) is 8.42 Å². The van der Waals surface area contributed by atoms with Gasteiger partial charge in [0, 0.05) is 33.2 Å². The number of hydrogen-bond acceptors (Lipinski definition) is 4. The fourth-order valence-corrected chi connectivity index (χ4v) is 6.62. The second-order valence-corrected chi connectivity index (χ2v) is 13.4. The van der Waals surface area contributed by atoms with Crippen LogP contribution in [0.15, 0.2) is 65.6 Å². The Labute approximate surface area is 267 Å². The maximum absolute atomic E-state index is 14.2. The highest BCUT2D eigenvalue weighted by atomic mass is 35.5. The molecular weight excluding hydrogens is 640 g/mol. The zero-order chi connectivity index (χ0) is 31.2. The minimum atomic E-state index is -4.31. The number of carbonyl (C=O) groups is 2. The zero-order valence-electron chi connectivity index (χ0n) is 23.7. The van der Waals surface area contributed by atoms with Crippen molar-refractivity contribution >= 4 is 73.9 Å². The molecule has 2 atom stereocenters. The molecule has 0 saturated heterocycles. The maximum Gasteiger partial charge on any atom is 0.264 e. The standard InChI is InChI=1S/C30H33Cl4N3O4S/c1-5-20(4)35-30(39)27(6-2)36(17-23-24(32)8-7-9-25(23)33)29(38)18-37(28-16-21(31)12-15-26(28)34)42(40,41)22-13-10-19(3)11-14-22/h7-16,20,27H,5-6,17-18H2,1-4H3,(H,35,39)/t20-,27-/m0/s1. The number of benzene rings is 3. The number of halogens is 4. The number of rotatable bonds is 12. The van der Waals surface area contributed by atoms with Crippen molar-refractivity contribution in [3.05, 3.63) is 91.9 Å². The second kappa shape index (κ2) is 14.8. The Hall–Kier alpha value is -2.49. The second-order valence-electron chi connectivity index (χ2n) is 9.88. The number of aryl methyl sites for hydroxylation is 1. The van der Waals surface area contributed by atoms with Gasteiger partial charge in [-0.15, -0.1) is 0 Å². The lowest BCUT2D eigenvalue weighted by Crippen LogP contribution is -2.53. The number of nitrogens with one attached hydrogen (secondary N) is 1. The van der Waals surface area contributed by atoms with Crippen LogP contribution in [0.5, 0.6) is 0 Å². The minimum Gasteiger partial charge on any atom is -0.352 e. The van der Waals surface area contributed by atoms with E-state index in [9.17, 15) is 18.0 Å². The van der Waals surface area contributed by atoms with Crippen LogP contribution in [0.1, 0.15) is 44.7 Å². The Morgan fingerprint density at radius 2 is 1.50 bits per heavy atom. The first kappa shape index (κ1) is 34.0. The van der Waals surface area contributed by atoms with Crippen LogP contribution in [0.25, 0.3) is 0 Å². The molecule has 2 amide bonds. The molecule has 0 bridgehead atoms. The Balaban J connectivity index is 2.14. The summed E-state index contributed by atoms with van der Waals surface area (Å²) in [6, 6.07) is 14.4. The van der Waals surface area contributed by atoms with E-state index >= 15 is 0 Å². The molecule has 0 saturated carbocycles. The zero-order valence-corrected chi connectivity index (χ0v) is 27.5. The number of sulfonamides is 1. The van der Waals surface area contributed by atoms with Crippen LogP contribution in [0, 0.1) is 6.92 Å². The van der Waals surface area contributed by atoms with Crippen LogP contribution in [-0.2, 0) is 26.2 Å². The van der Waals surface area contributed by atoms with Gasteiger partial charge in [-0.1, -0.05) is 84.0 Å². The highest BCUT2D eigenvalue weighted by molar-refractivity contribution is 7.92. The Kier molecular flexibility index (Phi) is 12.0. The molecule has 12 heteroatoms. The van der Waals surface area contributed by atoms with Gasteiger partial charge in [-0.2, -0.15) is 0 Å². The number of anilines is 1. The van der Waals surface area contributed by atoms with Gasteiger partial charge in [0.15, 0.2) is 0 Å². The van der Waals surface area contributed by atoms with Crippen molar-refractivity contribution in [2.24, 2.45) is 0 Å². The van der Waals surface area contributed by atoms with Crippen LogP contribution < -0.4 is 9.62 Å². The molecule has 7 nitrogen and oxygen atoms in total. The molecule has 0 radical (unpaired) electrons. The lowest BCUT2D eigenvalue weighted by atomic mass is 10.1. The largest absolute Gasteiger partial charge is 0.352 e. The fourth-order valence-electron chi connectivity index (χ4n) is 4.24. The van der Waals surface area contributed by atoms with Crippen molar-refractivity contribution < 1.29 is 18.0 Å². The normalized spacial score (nSPS) is 12.9. The third kappa shape index (κ3) is 8.11. The smallest absolute Gasteiger partial charge is 0.264 e. The molecule has 42 heavy (non-hydrogen) atoms. The van der Waals surface area contributed by atoms with Gasteiger partial charge in [0.2, 0.25) is 11.8 Å². The number of hydrogen-bond donors (Lipinski definition) is 1. The third-order valence-corrected chi connectivity index (χ3v) is 9.88. The fraction of sp³-hybridized carbons (Fsp3) is 0.333. The molecule has 0 heterocycles. The summed E-state index contributed by atoms with van der Waals surface area (Å²) in [6.45, 7) is 6.58. The topological polar surface area (TPSA) is 86.8 Å². The highest BCUT2D eigenvalue weighted by Crippen LogP contribution is 2.34. The third-order valence-electron chi connectivity index (χ3n) is 6.84. The molecule has 226 valence electrons. The predicted octanol–water partition coefficient (Wildman–Crippen LogP) is 7.53. The van der Waals surface area contributed by atoms with Gasteiger partial charge >= 0.3 is 0 Å². The maximum atomic E-state index is 14.2. The molecule has 0 spiro atoms. The van der Waals surface area contributed by atoms with E-state index in [1.165, 1.54) is 35.2 Å². The average Bonchev–Trinajstić information content (AvgIpc) is 2.94. The number of nitrogens with zero attached hydrogens (tertiary/aromatic N) is 2. The summed E-state index contributed by atoms with van der Waals surface area (Å²) >= 11 is 25.6. The lowest BCUT2D eigenvalue weighted by molar-refractivity contribution is -0.140. The molecular formula is C30H33Cl4N3O4S. The molecule has 0 unspecified atom stereocenters. The molecule has 1 N–H and O–H groups in total. The Morgan fingerprint density at radius 3 is 2.07 bits per heavy atom. The van der Waals surface area contributed by atoms with Gasteiger partial charge in [0.1, 0.15) is 12.6 Å². The molecule has 3 rings (SSSR count). The molecule has 3 aromatic rings. The first-order valence-corrected chi connectivity index (χ1v) is 16.3. The van der Waals surface area contributed by atoms with Crippen LogP contribution in [-0.4, -0.2) is 43.8 Å². The summed E-state index contributed by atoms with van der Waals surface area (Å²) in [5, 5.41) is 3.84. The molecule has 0 aliphatic carbocycles. The first-order chi connectivity index (χ1) is 19.8.